The van der Waals surface area contributed by atoms with E-state index >= 15 is 0 Å². The lowest BCUT2D eigenvalue weighted by atomic mass is 9.86. The first-order chi connectivity index (χ1) is 16.4. The number of hydrogen-bond donors (Lipinski definition) is 2. The Hall–Kier alpha value is -2.57. The van der Waals surface area contributed by atoms with Crippen molar-refractivity contribution in [3.8, 4) is 0 Å². The fourth-order valence-electron chi connectivity index (χ4n) is 4.43. The van der Waals surface area contributed by atoms with Gasteiger partial charge in [0.05, 0.1) is 0 Å². The summed E-state index contributed by atoms with van der Waals surface area (Å²) in [6.07, 6.45) is 3.86. The van der Waals surface area contributed by atoms with Crippen LogP contribution in [-0.2, 0) is 14.3 Å². The molecule has 0 aromatic heterocycles. The molecule has 1 saturated carbocycles. The lowest BCUT2D eigenvalue weighted by molar-refractivity contribution is -0.148. The summed E-state index contributed by atoms with van der Waals surface area (Å²) in [7, 11) is 0. The number of hydrogen-bond acceptors (Lipinski definition) is 4. The number of benzene rings is 1. The van der Waals surface area contributed by atoms with Crippen LogP contribution in [0.1, 0.15) is 97.7 Å². The summed E-state index contributed by atoms with van der Waals surface area (Å²) >= 11 is 0. The summed E-state index contributed by atoms with van der Waals surface area (Å²) < 4.78 is 5.44. The molecule has 3 unspecified atom stereocenters. The lowest BCUT2D eigenvalue weighted by Crippen LogP contribution is -2.59. The predicted molar refractivity (Wildman–Crippen MR) is 139 cm³/mol. The predicted octanol–water partition coefficient (Wildman–Crippen LogP) is 5.27. The summed E-state index contributed by atoms with van der Waals surface area (Å²) in [6, 6.07) is 6.10. The first-order valence-electron chi connectivity index (χ1n) is 13.0. The first-order valence-corrected chi connectivity index (χ1v) is 13.0. The normalized spacial score (nSPS) is 16.6. The zero-order chi connectivity index (χ0) is 26.3. The molecule has 7 heteroatoms. The van der Waals surface area contributed by atoms with Crippen molar-refractivity contribution in [2.24, 2.45) is 5.92 Å². The van der Waals surface area contributed by atoms with Crippen LogP contribution in [0.5, 0.6) is 0 Å². The van der Waals surface area contributed by atoms with Crippen molar-refractivity contribution in [3.63, 3.8) is 0 Å². The lowest BCUT2D eigenvalue weighted by Gasteiger charge is -2.44. The standard InChI is InChI=1S/C28H45N3O4/c1-9-13-20(5)29-25(32)24(22-17-11-10-14-19(22)4)31(21-15-12-16-21)26(33)23(18(2)3)30-27(34)35-28(6,7)8/h10-11,14,17-18,20-21,23-24H,9,12-13,15-16H2,1-8H3,(H,29,32)(H,30,34). The zero-order valence-electron chi connectivity index (χ0n) is 22.8. The molecule has 2 N–H and O–H groups in total. The molecular formula is C28H45N3O4. The second-order valence-corrected chi connectivity index (χ2v) is 11.2. The highest BCUT2D eigenvalue weighted by atomic mass is 16.6. The molecule has 1 aromatic rings. The van der Waals surface area contributed by atoms with Gasteiger partial charge >= 0.3 is 6.09 Å². The number of amides is 3. The van der Waals surface area contributed by atoms with Gasteiger partial charge in [-0.3, -0.25) is 9.59 Å². The number of carbonyl (C=O) groups is 3. The van der Waals surface area contributed by atoms with Crippen molar-refractivity contribution in [2.75, 3.05) is 0 Å². The number of aryl methyl sites for hydroxylation is 1. The van der Waals surface area contributed by atoms with Gasteiger partial charge in [-0.2, -0.15) is 0 Å². The maximum absolute atomic E-state index is 14.1. The minimum Gasteiger partial charge on any atom is -0.444 e. The Labute approximate surface area is 211 Å². The molecule has 1 aromatic carbocycles. The Kier molecular flexibility index (Phi) is 10.2. The SMILES string of the molecule is CCCC(C)NC(=O)C(c1ccccc1C)N(C(=O)C(NC(=O)OC(C)(C)C)C(C)C)C1CCC1. The molecule has 1 aliphatic rings. The molecule has 35 heavy (non-hydrogen) atoms. The van der Waals surface area contributed by atoms with Crippen molar-refractivity contribution in [1.82, 2.24) is 15.5 Å². The van der Waals surface area contributed by atoms with Crippen LogP contribution < -0.4 is 10.6 Å². The minimum absolute atomic E-state index is 0.00172. The van der Waals surface area contributed by atoms with Gasteiger partial charge in [0.25, 0.3) is 0 Å². The Morgan fingerprint density at radius 3 is 2.20 bits per heavy atom. The van der Waals surface area contributed by atoms with Gasteiger partial charge < -0.3 is 20.3 Å². The molecular weight excluding hydrogens is 442 g/mol. The van der Waals surface area contributed by atoms with Gasteiger partial charge in [0.2, 0.25) is 11.8 Å². The van der Waals surface area contributed by atoms with Crippen LogP contribution in [0.4, 0.5) is 4.79 Å². The van der Waals surface area contributed by atoms with Crippen molar-refractivity contribution in [2.45, 2.75) is 117 Å². The largest absolute Gasteiger partial charge is 0.444 e. The molecule has 0 aliphatic heterocycles. The highest BCUT2D eigenvalue weighted by Crippen LogP contribution is 2.35. The molecule has 196 valence electrons. The molecule has 0 heterocycles. The fraction of sp³-hybridized carbons (Fsp3) is 0.679. The van der Waals surface area contributed by atoms with Gasteiger partial charge in [-0.1, -0.05) is 51.5 Å². The van der Waals surface area contributed by atoms with Crippen LogP contribution in [-0.4, -0.2) is 46.5 Å². The maximum atomic E-state index is 14.1. The first kappa shape index (κ1) is 28.7. The number of nitrogens with one attached hydrogen (secondary N) is 2. The number of rotatable bonds is 10. The van der Waals surface area contributed by atoms with Gasteiger partial charge in [-0.05, 0) is 77.3 Å². The van der Waals surface area contributed by atoms with Crippen LogP contribution in [0.15, 0.2) is 24.3 Å². The maximum Gasteiger partial charge on any atom is 0.408 e. The van der Waals surface area contributed by atoms with Gasteiger partial charge in [0, 0.05) is 12.1 Å². The molecule has 0 radical (unpaired) electrons. The van der Waals surface area contributed by atoms with E-state index in [-0.39, 0.29) is 29.8 Å². The van der Waals surface area contributed by atoms with E-state index in [9.17, 15) is 14.4 Å². The van der Waals surface area contributed by atoms with E-state index in [1.54, 1.807) is 25.7 Å². The molecule has 1 fully saturated rings. The average Bonchev–Trinajstić information content (AvgIpc) is 2.69. The molecule has 2 rings (SSSR count). The van der Waals surface area contributed by atoms with Crippen molar-refractivity contribution < 1.29 is 19.1 Å². The van der Waals surface area contributed by atoms with Gasteiger partial charge in [0.15, 0.2) is 0 Å². The third-order valence-electron chi connectivity index (χ3n) is 6.45. The van der Waals surface area contributed by atoms with Crippen molar-refractivity contribution in [1.29, 1.82) is 0 Å². The van der Waals surface area contributed by atoms with Gasteiger partial charge in [0.1, 0.15) is 17.7 Å². The van der Waals surface area contributed by atoms with Crippen LogP contribution in [0, 0.1) is 12.8 Å². The smallest absolute Gasteiger partial charge is 0.408 e. The molecule has 0 spiro atoms. The number of carbonyl (C=O) groups excluding carboxylic acids is 3. The van der Waals surface area contributed by atoms with E-state index < -0.39 is 23.8 Å². The molecule has 3 amide bonds. The Morgan fingerprint density at radius 1 is 1.09 bits per heavy atom. The van der Waals surface area contributed by atoms with E-state index in [4.69, 9.17) is 4.74 Å². The second-order valence-electron chi connectivity index (χ2n) is 11.2. The summed E-state index contributed by atoms with van der Waals surface area (Å²) in [5.41, 5.74) is 1.09. The Morgan fingerprint density at radius 2 is 1.71 bits per heavy atom. The summed E-state index contributed by atoms with van der Waals surface area (Å²) in [4.78, 5) is 42.2. The number of alkyl carbamates (subject to hydrolysis) is 1. The second kappa shape index (κ2) is 12.4. The van der Waals surface area contributed by atoms with Gasteiger partial charge in [-0.15, -0.1) is 0 Å². The minimum atomic E-state index is -0.808. The fourth-order valence-corrected chi connectivity index (χ4v) is 4.43. The molecule has 1 aliphatic carbocycles. The van der Waals surface area contributed by atoms with Crippen molar-refractivity contribution >= 4 is 17.9 Å². The number of nitrogens with zero attached hydrogens (tertiary/aromatic N) is 1. The molecule has 0 bridgehead atoms. The average molecular weight is 488 g/mol. The van der Waals surface area contributed by atoms with Crippen LogP contribution >= 0.6 is 0 Å². The molecule has 7 nitrogen and oxygen atoms in total. The molecule has 0 saturated heterocycles. The van der Waals surface area contributed by atoms with E-state index in [1.807, 2.05) is 52.0 Å². The summed E-state index contributed by atoms with van der Waals surface area (Å²) in [6.45, 7) is 15.2. The highest BCUT2D eigenvalue weighted by Gasteiger charge is 2.43. The third-order valence-corrected chi connectivity index (χ3v) is 6.45. The van der Waals surface area contributed by atoms with E-state index in [1.165, 1.54) is 0 Å². The van der Waals surface area contributed by atoms with E-state index in [2.05, 4.69) is 17.6 Å². The topological polar surface area (TPSA) is 87.7 Å². The summed E-state index contributed by atoms with van der Waals surface area (Å²) in [5.74, 6) is -0.612. The van der Waals surface area contributed by atoms with Crippen LogP contribution in [0.2, 0.25) is 0 Å². The van der Waals surface area contributed by atoms with Gasteiger partial charge in [-0.25, -0.2) is 4.79 Å². The summed E-state index contributed by atoms with van der Waals surface area (Å²) in [5, 5.41) is 5.93. The molecule has 3 atom stereocenters. The van der Waals surface area contributed by atoms with E-state index in [0.717, 1.165) is 43.2 Å². The van der Waals surface area contributed by atoms with Crippen LogP contribution in [0.25, 0.3) is 0 Å². The Balaban J connectivity index is 2.48. The van der Waals surface area contributed by atoms with Crippen LogP contribution in [0.3, 0.4) is 0 Å². The van der Waals surface area contributed by atoms with E-state index in [0.29, 0.717) is 0 Å². The number of ether oxygens (including phenoxy) is 1. The monoisotopic (exact) mass is 487 g/mol. The van der Waals surface area contributed by atoms with Crippen molar-refractivity contribution in [3.05, 3.63) is 35.4 Å². The third kappa shape index (κ3) is 7.97. The highest BCUT2D eigenvalue weighted by molar-refractivity contribution is 5.93. The zero-order valence-corrected chi connectivity index (χ0v) is 22.8. The Bertz CT molecular complexity index is 873. The quantitative estimate of drug-likeness (QED) is 0.471.